The van der Waals surface area contributed by atoms with Gasteiger partial charge in [-0.1, -0.05) is 13.8 Å². The predicted molar refractivity (Wildman–Crippen MR) is 85.0 cm³/mol. The average molecular weight is 308 g/mol. The van der Waals surface area contributed by atoms with Crippen LogP contribution in [-0.2, 0) is 15.9 Å². The number of rotatable bonds is 9. The Balaban J connectivity index is 1.74. The van der Waals surface area contributed by atoms with E-state index in [-0.39, 0.29) is 6.10 Å². The molecule has 1 aliphatic rings. The Labute approximate surface area is 133 Å². The van der Waals surface area contributed by atoms with Gasteiger partial charge in [-0.05, 0) is 30.7 Å². The summed E-state index contributed by atoms with van der Waals surface area (Å²) in [4.78, 5) is 0. The first-order valence-electron chi connectivity index (χ1n) is 8.11. The quantitative estimate of drug-likeness (QED) is 0.702. The number of nitrogens with zero attached hydrogens (tertiary/aromatic N) is 2. The van der Waals surface area contributed by atoms with Crippen molar-refractivity contribution < 1.29 is 14.2 Å². The topological polar surface area (TPSA) is 53.5 Å². The lowest BCUT2D eigenvalue weighted by molar-refractivity contribution is -0.0399. The lowest BCUT2D eigenvalue weighted by Crippen LogP contribution is -2.39. The Bertz CT molecular complexity index is 432. The van der Waals surface area contributed by atoms with Crippen molar-refractivity contribution in [3.63, 3.8) is 0 Å². The van der Waals surface area contributed by atoms with E-state index in [2.05, 4.69) is 24.0 Å². The molecule has 1 heterocycles. The molecule has 0 aromatic carbocycles. The molecule has 5 nitrogen and oxygen atoms in total. The summed E-state index contributed by atoms with van der Waals surface area (Å²) in [6.07, 6.45) is 4.51. The minimum Gasteiger partial charge on any atom is -0.473 e. The Morgan fingerprint density at radius 3 is 2.45 bits per heavy atom. The first-order valence-corrected chi connectivity index (χ1v) is 8.11. The molecule has 5 heteroatoms. The molecule has 1 aromatic heterocycles. The van der Waals surface area contributed by atoms with Gasteiger partial charge in [0.2, 0.25) is 5.88 Å². The van der Waals surface area contributed by atoms with E-state index >= 15 is 0 Å². The Morgan fingerprint density at radius 2 is 1.86 bits per heavy atom. The van der Waals surface area contributed by atoms with Crippen molar-refractivity contribution in [2.75, 3.05) is 20.8 Å². The van der Waals surface area contributed by atoms with Crippen LogP contribution in [0, 0.1) is 11.8 Å². The molecule has 0 bridgehead atoms. The largest absolute Gasteiger partial charge is 0.473 e. The van der Waals surface area contributed by atoms with Crippen LogP contribution in [-0.4, -0.2) is 43.2 Å². The molecule has 0 saturated heterocycles. The van der Waals surface area contributed by atoms with Crippen LogP contribution in [0.1, 0.15) is 38.8 Å². The Kier molecular flexibility index (Phi) is 6.58. The highest BCUT2D eigenvalue weighted by molar-refractivity contribution is 5.12. The van der Waals surface area contributed by atoms with Gasteiger partial charge in [0.1, 0.15) is 6.10 Å². The summed E-state index contributed by atoms with van der Waals surface area (Å²) in [5.41, 5.74) is 1.02. The van der Waals surface area contributed by atoms with Crippen molar-refractivity contribution >= 4 is 0 Å². The molecule has 2 atom stereocenters. The fourth-order valence-corrected chi connectivity index (χ4v) is 2.98. The van der Waals surface area contributed by atoms with Crippen molar-refractivity contribution in [2.45, 2.75) is 51.7 Å². The highest BCUT2D eigenvalue weighted by atomic mass is 16.5. The molecule has 1 fully saturated rings. The predicted octanol–water partition coefficient (Wildman–Crippen LogP) is 2.88. The molecule has 0 N–H and O–H groups in total. The van der Waals surface area contributed by atoms with E-state index in [0.29, 0.717) is 23.8 Å². The van der Waals surface area contributed by atoms with Crippen molar-refractivity contribution in [3.8, 4) is 5.88 Å². The van der Waals surface area contributed by atoms with Gasteiger partial charge in [0, 0.05) is 39.7 Å². The summed E-state index contributed by atoms with van der Waals surface area (Å²) in [7, 11) is 3.49. The van der Waals surface area contributed by atoms with Gasteiger partial charge in [0.25, 0.3) is 0 Å². The van der Waals surface area contributed by atoms with Crippen LogP contribution in [0.15, 0.2) is 12.1 Å². The van der Waals surface area contributed by atoms with Gasteiger partial charge in [-0.25, -0.2) is 0 Å². The molecular weight excluding hydrogens is 280 g/mol. The summed E-state index contributed by atoms with van der Waals surface area (Å²) < 4.78 is 16.2. The monoisotopic (exact) mass is 308 g/mol. The van der Waals surface area contributed by atoms with Crippen molar-refractivity contribution in [1.82, 2.24) is 10.2 Å². The van der Waals surface area contributed by atoms with Gasteiger partial charge in [0.15, 0.2) is 0 Å². The summed E-state index contributed by atoms with van der Waals surface area (Å²) >= 11 is 0. The number of ether oxygens (including phenoxy) is 3. The van der Waals surface area contributed by atoms with E-state index in [1.807, 2.05) is 12.1 Å². The van der Waals surface area contributed by atoms with Crippen LogP contribution in [0.2, 0.25) is 0 Å². The van der Waals surface area contributed by atoms with Crippen LogP contribution in [0.4, 0.5) is 0 Å². The molecule has 2 rings (SSSR count). The summed E-state index contributed by atoms with van der Waals surface area (Å²) in [6.45, 7) is 5.28. The molecule has 1 saturated carbocycles. The van der Waals surface area contributed by atoms with Crippen LogP contribution in [0.5, 0.6) is 5.88 Å². The van der Waals surface area contributed by atoms with Gasteiger partial charge in [0.05, 0.1) is 11.8 Å². The Morgan fingerprint density at radius 1 is 1.09 bits per heavy atom. The maximum atomic E-state index is 5.77. The molecule has 0 radical (unpaired) electrons. The second-order valence-corrected chi connectivity index (χ2v) is 6.54. The molecule has 2 unspecified atom stereocenters. The van der Waals surface area contributed by atoms with Crippen LogP contribution in [0.3, 0.4) is 0 Å². The van der Waals surface area contributed by atoms with Crippen molar-refractivity contribution in [2.24, 2.45) is 11.8 Å². The molecule has 124 valence electrons. The number of hydrogen-bond donors (Lipinski definition) is 0. The minimum absolute atomic E-state index is 0.221. The zero-order valence-corrected chi connectivity index (χ0v) is 14.1. The fraction of sp³-hybridized carbons (Fsp3) is 0.765. The highest BCUT2D eigenvalue weighted by Gasteiger charge is 2.31. The van der Waals surface area contributed by atoms with Gasteiger partial charge in [-0.3, -0.25) is 0 Å². The lowest BCUT2D eigenvalue weighted by Gasteiger charge is -2.33. The number of methoxy groups -OCH3 is 2. The number of hydrogen-bond acceptors (Lipinski definition) is 5. The standard InChI is InChI=1S/C17H28N2O3/c1-12(7-13(2)11-20-3)8-14-5-6-17(19-18-14)22-16-9-15(10-16)21-4/h5-6,12-13,15-16H,7-11H2,1-4H3. The van der Waals surface area contributed by atoms with E-state index < -0.39 is 0 Å². The highest BCUT2D eigenvalue weighted by Crippen LogP contribution is 2.26. The fourth-order valence-electron chi connectivity index (χ4n) is 2.98. The van der Waals surface area contributed by atoms with Crippen molar-refractivity contribution in [1.29, 1.82) is 0 Å². The summed E-state index contributed by atoms with van der Waals surface area (Å²) in [6, 6.07) is 3.94. The third-order valence-corrected chi connectivity index (χ3v) is 4.18. The van der Waals surface area contributed by atoms with E-state index in [9.17, 15) is 0 Å². The van der Waals surface area contributed by atoms with Crippen LogP contribution in [0.25, 0.3) is 0 Å². The molecule has 1 aromatic rings. The molecule has 22 heavy (non-hydrogen) atoms. The van der Waals surface area contributed by atoms with E-state index in [0.717, 1.165) is 38.0 Å². The maximum Gasteiger partial charge on any atom is 0.233 e. The third-order valence-electron chi connectivity index (χ3n) is 4.18. The first kappa shape index (κ1) is 17.2. The molecule has 0 spiro atoms. The average Bonchev–Trinajstić information content (AvgIpc) is 2.44. The van der Waals surface area contributed by atoms with Crippen molar-refractivity contribution in [3.05, 3.63) is 17.8 Å². The van der Waals surface area contributed by atoms with Gasteiger partial charge >= 0.3 is 0 Å². The first-order chi connectivity index (χ1) is 10.6. The third kappa shape index (κ3) is 5.21. The molecule has 0 amide bonds. The molecule has 1 aliphatic carbocycles. The summed E-state index contributed by atoms with van der Waals surface area (Å²) in [5, 5.41) is 8.47. The van der Waals surface area contributed by atoms with Gasteiger partial charge in [-0.15, -0.1) is 5.10 Å². The maximum absolute atomic E-state index is 5.77. The smallest absolute Gasteiger partial charge is 0.233 e. The normalized spacial score (nSPS) is 23.6. The van der Waals surface area contributed by atoms with E-state index in [4.69, 9.17) is 14.2 Å². The zero-order chi connectivity index (χ0) is 15.9. The van der Waals surface area contributed by atoms with Gasteiger partial charge in [-0.2, -0.15) is 5.10 Å². The second-order valence-electron chi connectivity index (χ2n) is 6.54. The number of aromatic nitrogens is 2. The Hall–Kier alpha value is -1.20. The minimum atomic E-state index is 0.221. The van der Waals surface area contributed by atoms with E-state index in [1.165, 1.54) is 0 Å². The van der Waals surface area contributed by atoms with Crippen LogP contribution >= 0.6 is 0 Å². The van der Waals surface area contributed by atoms with Crippen LogP contribution < -0.4 is 4.74 Å². The molecular formula is C17H28N2O3. The molecule has 0 aliphatic heterocycles. The lowest BCUT2D eigenvalue weighted by atomic mass is 9.92. The van der Waals surface area contributed by atoms with Gasteiger partial charge < -0.3 is 14.2 Å². The zero-order valence-electron chi connectivity index (χ0n) is 14.1. The summed E-state index contributed by atoms with van der Waals surface area (Å²) in [5.74, 6) is 1.76. The second kappa shape index (κ2) is 8.44. The van der Waals surface area contributed by atoms with E-state index in [1.54, 1.807) is 14.2 Å². The SMILES string of the molecule is COCC(C)CC(C)Cc1ccc(OC2CC(OC)C2)nn1.